The molecule has 8 N–H and O–H groups in total. The fourth-order valence-electron chi connectivity index (χ4n) is 12.8. The summed E-state index contributed by atoms with van der Waals surface area (Å²) in [6.07, 6.45) is 9.09. The summed E-state index contributed by atoms with van der Waals surface area (Å²) in [5, 5.41) is 31.2. The van der Waals surface area contributed by atoms with Crippen molar-refractivity contribution in [3.8, 4) is 0 Å². The Morgan fingerprint density at radius 1 is 0.633 bits per heavy atom. The predicted molar refractivity (Wildman–Crippen MR) is 417 cm³/mol. The molecule has 0 radical (unpaired) electrons. The molecule has 5 aromatic rings. The molecule has 0 saturated heterocycles. The van der Waals surface area contributed by atoms with Crippen LogP contribution in [0.25, 0.3) is 5.57 Å². The second-order valence-corrected chi connectivity index (χ2v) is 29.1. The summed E-state index contributed by atoms with van der Waals surface area (Å²) < 4.78 is 28.4. The van der Waals surface area contributed by atoms with Gasteiger partial charge >= 0.3 is 5.97 Å². The first-order valence-electron chi connectivity index (χ1n) is 38.3. The Kier molecular flexibility index (Phi) is 37.0. The molecular weight excluding hydrogens is 1410 g/mol. The number of amides is 9. The number of aromatic nitrogens is 1. The number of unbranched alkanes of at least 4 members (excludes halogenated alkanes) is 4. The molecule has 109 heavy (non-hydrogen) atoms. The predicted octanol–water partition coefficient (Wildman–Crippen LogP) is 9.17. The van der Waals surface area contributed by atoms with Crippen LogP contribution in [-0.2, 0) is 86.2 Å². The number of carboxylic acids is 1. The molecular formula is C82H112N10O16S. The minimum absolute atomic E-state index is 0.0399. The summed E-state index contributed by atoms with van der Waals surface area (Å²) in [5.41, 5.74) is 6.22. The van der Waals surface area contributed by atoms with Crippen LogP contribution < -0.4 is 42.1 Å². The van der Waals surface area contributed by atoms with E-state index in [1.807, 2.05) is 48.2 Å². The number of aliphatic carboxylic acids is 1. The van der Waals surface area contributed by atoms with Crippen LogP contribution in [0.4, 0.5) is 11.4 Å². The highest BCUT2D eigenvalue weighted by molar-refractivity contribution is 7.09. The van der Waals surface area contributed by atoms with Gasteiger partial charge in [-0.3, -0.25) is 47.9 Å². The maximum atomic E-state index is 14.1. The quantitative estimate of drug-likeness (QED) is 0.0168. The van der Waals surface area contributed by atoms with Crippen molar-refractivity contribution in [2.45, 2.75) is 175 Å². The van der Waals surface area contributed by atoms with Crippen molar-refractivity contribution in [3.63, 3.8) is 0 Å². The van der Waals surface area contributed by atoms with Crippen molar-refractivity contribution >= 4 is 87.4 Å². The topological polar surface area (TPSA) is 341 Å². The van der Waals surface area contributed by atoms with E-state index in [0.717, 1.165) is 60.9 Å². The van der Waals surface area contributed by atoms with E-state index < -0.39 is 84.6 Å². The number of anilines is 2. The molecule has 7 rings (SSSR count). The molecule has 26 nitrogen and oxygen atoms in total. The molecule has 9 amide bonds. The summed E-state index contributed by atoms with van der Waals surface area (Å²) in [6, 6.07) is 29.9. The maximum absolute atomic E-state index is 14.1. The van der Waals surface area contributed by atoms with Crippen molar-refractivity contribution in [2.75, 3.05) is 102 Å². The maximum Gasteiger partial charge on any atom is 0.309 e. The molecule has 0 spiro atoms. The van der Waals surface area contributed by atoms with Crippen LogP contribution in [0.3, 0.4) is 0 Å². The van der Waals surface area contributed by atoms with Crippen molar-refractivity contribution < 1.29 is 76.7 Å². The number of ether oxygens (including phenoxy) is 5. The van der Waals surface area contributed by atoms with Crippen LogP contribution in [0.5, 0.6) is 0 Å². The summed E-state index contributed by atoms with van der Waals surface area (Å²) >= 11 is 1.31. The third kappa shape index (κ3) is 29.9. The van der Waals surface area contributed by atoms with E-state index in [0.29, 0.717) is 81.8 Å². The van der Waals surface area contributed by atoms with Crippen LogP contribution in [0, 0.1) is 11.3 Å². The number of nitrogens with zero attached hydrogens (tertiary/aromatic N) is 3. The molecule has 592 valence electrons. The van der Waals surface area contributed by atoms with E-state index in [-0.39, 0.29) is 106 Å². The van der Waals surface area contributed by atoms with Crippen molar-refractivity contribution in [1.82, 2.24) is 41.8 Å². The van der Waals surface area contributed by atoms with Crippen molar-refractivity contribution in [3.05, 3.63) is 153 Å². The second-order valence-electron chi connectivity index (χ2n) is 28.3. The highest BCUT2D eigenvalue weighted by atomic mass is 32.1. The molecule has 5 atom stereocenters. The zero-order chi connectivity index (χ0) is 78.5. The molecule has 0 bridgehead atoms. The van der Waals surface area contributed by atoms with Crippen molar-refractivity contribution in [2.24, 2.45) is 11.3 Å². The number of allylic oxidation sites excluding steroid dienone is 2. The number of thiazole rings is 1. The molecule has 27 heteroatoms. The van der Waals surface area contributed by atoms with Crippen LogP contribution in [-0.4, -0.2) is 184 Å². The van der Waals surface area contributed by atoms with E-state index in [4.69, 9.17) is 28.7 Å². The van der Waals surface area contributed by atoms with Crippen molar-refractivity contribution in [1.29, 1.82) is 0 Å². The average molecular weight is 1530 g/mol. The van der Waals surface area contributed by atoms with Gasteiger partial charge in [-0.05, 0) is 98.4 Å². The SMILES string of the molecule is CCCCCCN(C(=O)CCCC)[C@H](C[C@@H](OCC)c1nc(C(=O)N[C@@H](Cc2ccc(NC(=O)CNC(=O)[C@H](Cc3ccccc3)NC(=O)CNC(=O)CNC(=O)CCOCCOCCOCCOCCNC(=O)CCC(=O)N3Cc4ccccc4C4C=C4c4ccccc43)cc2)CC(C)(C)C(=O)O)cs1)C(C)C. The minimum atomic E-state index is -1.22. The van der Waals surface area contributed by atoms with Gasteiger partial charge in [0.25, 0.3) is 5.91 Å². The number of carbonyl (C=O) groups is 10. The second kappa shape index (κ2) is 46.3. The molecule has 2 aliphatic rings. The lowest BCUT2D eigenvalue weighted by atomic mass is 9.84. The van der Waals surface area contributed by atoms with Crippen LogP contribution in [0.2, 0.25) is 0 Å². The monoisotopic (exact) mass is 1520 g/mol. The smallest absolute Gasteiger partial charge is 0.309 e. The van der Waals surface area contributed by atoms with E-state index in [9.17, 15) is 53.1 Å². The fourth-order valence-corrected chi connectivity index (χ4v) is 13.6. The number of carboxylic acid groups (broad SMARTS) is 1. The number of hydrogen-bond acceptors (Lipinski definition) is 17. The van der Waals surface area contributed by atoms with E-state index in [1.165, 1.54) is 22.5 Å². The normalized spacial score (nSPS) is 14.0. The third-order valence-corrected chi connectivity index (χ3v) is 19.7. The largest absolute Gasteiger partial charge is 0.481 e. The Hall–Kier alpha value is -9.25. The Balaban J connectivity index is 0.746. The lowest BCUT2D eigenvalue weighted by Crippen LogP contribution is -2.52. The van der Waals surface area contributed by atoms with Gasteiger partial charge in [-0.2, -0.15) is 0 Å². The molecule has 1 aliphatic carbocycles. The fraction of sp³-hybridized carbons (Fsp3) is 0.524. The highest BCUT2D eigenvalue weighted by Gasteiger charge is 2.37. The Bertz CT molecular complexity index is 3790. The number of hydrogen-bond donors (Lipinski definition) is 8. The number of benzene rings is 4. The average Bonchev–Trinajstić information content (AvgIpc) is 1.59. The first-order chi connectivity index (χ1) is 52.6. The van der Waals surface area contributed by atoms with Gasteiger partial charge in [0.1, 0.15) is 22.8 Å². The highest BCUT2D eigenvalue weighted by Crippen LogP contribution is 2.52. The van der Waals surface area contributed by atoms with Gasteiger partial charge in [0, 0.05) is 92.9 Å². The number of para-hydroxylation sites is 1. The third-order valence-electron chi connectivity index (χ3n) is 18.8. The zero-order valence-electron chi connectivity index (χ0n) is 64.3. The Morgan fingerprint density at radius 2 is 1.27 bits per heavy atom. The van der Waals surface area contributed by atoms with Crippen LogP contribution in [0.1, 0.15) is 181 Å². The summed E-state index contributed by atoms with van der Waals surface area (Å²) in [5.74, 6) is -4.37. The molecule has 0 saturated carbocycles. The molecule has 1 unspecified atom stereocenters. The van der Waals surface area contributed by atoms with Gasteiger partial charge in [-0.15, -0.1) is 11.3 Å². The number of rotatable bonds is 51. The number of nitrogens with one attached hydrogen (secondary N) is 7. The van der Waals surface area contributed by atoms with Gasteiger partial charge in [-0.25, -0.2) is 4.98 Å². The number of carbonyl (C=O) groups excluding carboxylic acids is 9. The van der Waals surface area contributed by atoms with Gasteiger partial charge in [0.15, 0.2) is 0 Å². The van der Waals surface area contributed by atoms with Gasteiger partial charge in [0.05, 0.1) is 90.1 Å². The Labute approximate surface area is 644 Å². The standard InChI is InChI=1S/C82H112N10O16S/c1-8-11-13-21-37-91(76(98)28-12-9-2)69(56(4)5)49-70(108-10-3)80-90-67(55-109-80)79(101)88-61(50-82(6,7)81(102)103)46-58-29-31-60(32-30-58)87-74(96)53-86-78(100)66(47-57-22-15-14-16-23-57)89-75(97)52-85-73(95)51-84-72(94)35-38-104-40-42-106-44-45-107-43-41-105-39-36-83-71(93)33-34-77(99)92-54-59-24-17-18-25-62(59)64-48-65(64)63-26-19-20-27-68(63)92/h14-20,22-27,29-32,48,55-56,61,64,66,69-70H,8-13,21,28,33-47,49-54H2,1-7H3,(H,83,93)(H,84,94)(H,85,95)(H,86,100)(H,87,96)(H,88,101)(H,89,97)(H,102,103)/t61-,64?,66-,69+,70+/m0/s1. The number of fused-ring (bicyclic) bond motifs is 5. The lowest BCUT2D eigenvalue weighted by molar-refractivity contribution is -0.147. The lowest BCUT2D eigenvalue weighted by Gasteiger charge is -2.36. The van der Waals surface area contributed by atoms with Gasteiger partial charge < -0.3 is 75.8 Å². The zero-order valence-corrected chi connectivity index (χ0v) is 65.1. The van der Waals surface area contributed by atoms with E-state index in [1.54, 1.807) is 78.7 Å². The van der Waals surface area contributed by atoms with Gasteiger partial charge in [-0.1, -0.05) is 144 Å². The molecule has 1 aromatic heterocycles. The molecule has 1 aliphatic heterocycles. The molecule has 4 aromatic carbocycles. The Morgan fingerprint density at radius 3 is 1.96 bits per heavy atom. The minimum Gasteiger partial charge on any atom is -0.481 e. The van der Waals surface area contributed by atoms with E-state index in [2.05, 4.69) is 83.1 Å². The van der Waals surface area contributed by atoms with Crippen LogP contribution >= 0.6 is 11.3 Å². The first-order valence-corrected chi connectivity index (χ1v) is 39.2. The summed E-state index contributed by atoms with van der Waals surface area (Å²) in [6.45, 7) is 16.0. The molecule has 0 fully saturated rings. The van der Waals surface area contributed by atoms with Crippen LogP contribution in [0.15, 0.2) is 115 Å². The first kappa shape index (κ1) is 87.0. The summed E-state index contributed by atoms with van der Waals surface area (Å²) in [7, 11) is 0. The van der Waals surface area contributed by atoms with E-state index >= 15 is 0 Å². The van der Waals surface area contributed by atoms with Gasteiger partial charge in [0.2, 0.25) is 47.3 Å². The summed E-state index contributed by atoms with van der Waals surface area (Å²) in [4.78, 5) is 140. The molecule has 2 heterocycles.